The lowest BCUT2D eigenvalue weighted by molar-refractivity contribution is 0.238. The second-order valence-corrected chi connectivity index (χ2v) is 9.22. The van der Waals surface area contributed by atoms with Crippen LogP contribution in [0.1, 0.15) is 30.0 Å². The van der Waals surface area contributed by atoms with Gasteiger partial charge in [-0.05, 0) is 48.1 Å². The SMILES string of the molecule is C/C(=N\NC(=O)NC1CCS(=O)(=O)C1)c1ccc2c3c(cccc13)CC2. The van der Waals surface area contributed by atoms with Crippen LogP contribution in [0.15, 0.2) is 35.4 Å². The van der Waals surface area contributed by atoms with Crippen LogP contribution in [0.4, 0.5) is 4.79 Å². The van der Waals surface area contributed by atoms with Gasteiger partial charge in [0.15, 0.2) is 9.84 Å². The summed E-state index contributed by atoms with van der Waals surface area (Å²) >= 11 is 0. The van der Waals surface area contributed by atoms with Gasteiger partial charge >= 0.3 is 6.03 Å². The highest BCUT2D eigenvalue weighted by atomic mass is 32.2. The van der Waals surface area contributed by atoms with E-state index in [0.717, 1.165) is 29.5 Å². The van der Waals surface area contributed by atoms with Gasteiger partial charge in [0.1, 0.15) is 0 Å². The second kappa shape index (κ2) is 6.39. The summed E-state index contributed by atoms with van der Waals surface area (Å²) < 4.78 is 22.9. The molecule has 1 saturated heterocycles. The average molecular weight is 371 g/mol. The molecule has 1 heterocycles. The van der Waals surface area contributed by atoms with E-state index in [2.05, 4.69) is 46.2 Å². The molecule has 4 rings (SSSR count). The molecular formula is C19H21N3O3S. The molecule has 0 saturated carbocycles. The molecule has 136 valence electrons. The molecule has 0 spiro atoms. The largest absolute Gasteiger partial charge is 0.335 e. The van der Waals surface area contributed by atoms with Crippen LogP contribution < -0.4 is 10.7 Å². The topological polar surface area (TPSA) is 87.6 Å². The molecule has 0 aromatic heterocycles. The summed E-state index contributed by atoms with van der Waals surface area (Å²) in [5, 5.41) is 9.34. The van der Waals surface area contributed by atoms with Crippen LogP contribution in [-0.4, -0.2) is 37.7 Å². The number of rotatable bonds is 3. The predicted molar refractivity (Wildman–Crippen MR) is 102 cm³/mol. The van der Waals surface area contributed by atoms with E-state index in [9.17, 15) is 13.2 Å². The van der Waals surface area contributed by atoms with Gasteiger partial charge in [-0.2, -0.15) is 5.10 Å². The molecule has 2 aliphatic rings. The summed E-state index contributed by atoms with van der Waals surface area (Å²) in [6.45, 7) is 1.86. The van der Waals surface area contributed by atoms with Crippen LogP contribution in [0.25, 0.3) is 10.8 Å². The Kier molecular flexibility index (Phi) is 4.19. The summed E-state index contributed by atoms with van der Waals surface area (Å²) in [5.41, 5.74) is 6.92. The molecule has 1 aliphatic heterocycles. The fourth-order valence-corrected chi connectivity index (χ4v) is 5.56. The van der Waals surface area contributed by atoms with Gasteiger partial charge in [-0.25, -0.2) is 18.6 Å². The number of nitrogens with one attached hydrogen (secondary N) is 2. The molecule has 2 aromatic rings. The highest BCUT2D eigenvalue weighted by Crippen LogP contribution is 2.32. The lowest BCUT2D eigenvalue weighted by atomic mass is 9.98. The summed E-state index contributed by atoms with van der Waals surface area (Å²) in [4.78, 5) is 12.0. The van der Waals surface area contributed by atoms with E-state index in [0.29, 0.717) is 6.42 Å². The van der Waals surface area contributed by atoms with Crippen molar-refractivity contribution in [3.05, 3.63) is 47.0 Å². The number of aryl methyl sites for hydroxylation is 2. The zero-order valence-electron chi connectivity index (χ0n) is 14.6. The first kappa shape index (κ1) is 17.0. The Labute approximate surface area is 152 Å². The van der Waals surface area contributed by atoms with Crippen molar-refractivity contribution in [1.29, 1.82) is 0 Å². The maximum Gasteiger partial charge on any atom is 0.335 e. The van der Waals surface area contributed by atoms with E-state index in [1.54, 1.807) is 0 Å². The van der Waals surface area contributed by atoms with Crippen LogP contribution in [0.2, 0.25) is 0 Å². The Bertz CT molecular complexity index is 1020. The molecule has 26 heavy (non-hydrogen) atoms. The predicted octanol–water partition coefficient (Wildman–Crippen LogP) is 2.15. The lowest BCUT2D eigenvalue weighted by Crippen LogP contribution is -2.41. The number of amides is 2. The smallest absolute Gasteiger partial charge is 0.333 e. The molecule has 2 aromatic carbocycles. The molecule has 1 fully saturated rings. The van der Waals surface area contributed by atoms with Gasteiger partial charge in [0, 0.05) is 11.6 Å². The molecule has 1 unspecified atom stereocenters. The third kappa shape index (κ3) is 3.19. The summed E-state index contributed by atoms with van der Waals surface area (Å²) in [5.74, 6) is 0.124. The van der Waals surface area contributed by atoms with Crippen LogP contribution in [0.5, 0.6) is 0 Å². The van der Waals surface area contributed by atoms with E-state index in [1.165, 1.54) is 16.5 Å². The normalized spacial score (nSPS) is 21.1. The van der Waals surface area contributed by atoms with Crippen molar-refractivity contribution in [3.63, 3.8) is 0 Å². The Hall–Kier alpha value is -2.41. The van der Waals surface area contributed by atoms with E-state index in [-0.39, 0.29) is 17.5 Å². The lowest BCUT2D eigenvalue weighted by Gasteiger charge is -2.11. The Morgan fingerprint density at radius 3 is 2.65 bits per heavy atom. The van der Waals surface area contributed by atoms with Crippen LogP contribution in [0.3, 0.4) is 0 Å². The third-order valence-electron chi connectivity index (χ3n) is 5.16. The number of benzene rings is 2. The number of nitrogens with zero attached hydrogens (tertiary/aromatic N) is 1. The quantitative estimate of drug-likeness (QED) is 0.640. The standard InChI is InChI=1S/C19H21N3O3S/c1-12(21-22-19(23)20-15-9-10-26(24,25)11-15)16-8-7-14-6-5-13-3-2-4-17(16)18(13)14/h2-4,7-8,15H,5-6,9-11H2,1H3,(H2,20,22,23)/b21-12+. The zero-order chi connectivity index (χ0) is 18.3. The van der Waals surface area contributed by atoms with Gasteiger partial charge in [-0.15, -0.1) is 0 Å². The number of carbonyl (C=O) groups excluding carboxylic acids is 1. The minimum absolute atomic E-state index is 0.00199. The summed E-state index contributed by atoms with van der Waals surface area (Å²) in [6.07, 6.45) is 2.59. The molecule has 6 nitrogen and oxygen atoms in total. The van der Waals surface area contributed by atoms with Gasteiger partial charge in [0.25, 0.3) is 0 Å². The number of hydrogen-bond donors (Lipinski definition) is 2. The van der Waals surface area contributed by atoms with E-state index in [4.69, 9.17) is 0 Å². The van der Waals surface area contributed by atoms with Crippen LogP contribution in [-0.2, 0) is 22.7 Å². The highest BCUT2D eigenvalue weighted by Gasteiger charge is 2.28. The van der Waals surface area contributed by atoms with E-state index < -0.39 is 15.9 Å². The molecule has 1 aliphatic carbocycles. The van der Waals surface area contributed by atoms with Gasteiger partial charge in [-0.1, -0.05) is 30.3 Å². The molecular weight excluding hydrogens is 350 g/mol. The molecule has 0 radical (unpaired) electrons. The fraction of sp³-hybridized carbons (Fsp3) is 0.368. The monoisotopic (exact) mass is 371 g/mol. The molecule has 1 atom stereocenters. The third-order valence-corrected chi connectivity index (χ3v) is 6.93. The van der Waals surface area contributed by atoms with Crippen LogP contribution >= 0.6 is 0 Å². The fourth-order valence-electron chi connectivity index (χ4n) is 3.88. The molecule has 2 N–H and O–H groups in total. The first-order chi connectivity index (χ1) is 12.4. The van der Waals surface area contributed by atoms with Gasteiger partial charge < -0.3 is 5.32 Å². The van der Waals surface area contributed by atoms with Crippen molar-refractivity contribution < 1.29 is 13.2 Å². The molecule has 0 bridgehead atoms. The Morgan fingerprint density at radius 2 is 1.92 bits per heavy atom. The Morgan fingerprint density at radius 1 is 1.15 bits per heavy atom. The molecule has 2 amide bonds. The van der Waals surface area contributed by atoms with Gasteiger partial charge in [0.2, 0.25) is 0 Å². The van der Waals surface area contributed by atoms with Gasteiger partial charge in [0.05, 0.1) is 17.2 Å². The number of hydrazone groups is 1. The highest BCUT2D eigenvalue weighted by molar-refractivity contribution is 7.91. The van der Waals surface area contributed by atoms with Crippen molar-refractivity contribution in [2.24, 2.45) is 5.10 Å². The maximum absolute atomic E-state index is 12.0. The van der Waals surface area contributed by atoms with Crippen molar-refractivity contribution in [2.45, 2.75) is 32.2 Å². The summed E-state index contributed by atoms with van der Waals surface area (Å²) in [6, 6.07) is 9.68. The van der Waals surface area contributed by atoms with Crippen molar-refractivity contribution >= 4 is 32.4 Å². The van der Waals surface area contributed by atoms with Gasteiger partial charge in [-0.3, -0.25) is 0 Å². The summed E-state index contributed by atoms with van der Waals surface area (Å²) in [7, 11) is -3.02. The number of urea groups is 1. The van der Waals surface area contributed by atoms with Crippen molar-refractivity contribution in [3.8, 4) is 0 Å². The number of carbonyl (C=O) groups is 1. The number of hydrogen-bond acceptors (Lipinski definition) is 4. The zero-order valence-corrected chi connectivity index (χ0v) is 15.4. The minimum atomic E-state index is -3.02. The second-order valence-electron chi connectivity index (χ2n) is 6.99. The van der Waals surface area contributed by atoms with Crippen molar-refractivity contribution in [1.82, 2.24) is 10.7 Å². The van der Waals surface area contributed by atoms with E-state index >= 15 is 0 Å². The van der Waals surface area contributed by atoms with Crippen molar-refractivity contribution in [2.75, 3.05) is 11.5 Å². The minimum Gasteiger partial charge on any atom is -0.333 e. The average Bonchev–Trinajstić information content (AvgIpc) is 3.17. The number of sulfone groups is 1. The first-order valence-corrected chi connectivity index (χ1v) is 10.6. The van der Waals surface area contributed by atoms with Crippen LogP contribution in [0, 0.1) is 0 Å². The Balaban J connectivity index is 1.51. The first-order valence-electron chi connectivity index (χ1n) is 8.78. The maximum atomic E-state index is 12.0. The molecule has 7 heteroatoms. The van der Waals surface area contributed by atoms with E-state index in [1.807, 2.05) is 6.92 Å².